The summed E-state index contributed by atoms with van der Waals surface area (Å²) in [5.74, 6) is -1.16. The van der Waals surface area contributed by atoms with Gasteiger partial charge in [0, 0.05) is 35.6 Å². The molecule has 2 heterocycles. The summed E-state index contributed by atoms with van der Waals surface area (Å²) in [6.07, 6.45) is 5.65. The van der Waals surface area contributed by atoms with Crippen molar-refractivity contribution in [2.75, 3.05) is 13.7 Å². The normalized spacial score (nSPS) is 45.9. The van der Waals surface area contributed by atoms with Crippen LogP contribution in [0, 0.1) is 22.7 Å². The molecule has 1 aromatic rings. The van der Waals surface area contributed by atoms with Crippen LogP contribution in [-0.2, 0) is 19.1 Å². The van der Waals surface area contributed by atoms with Gasteiger partial charge in [0.05, 0.1) is 24.9 Å². The average Bonchev–Trinajstić information content (AvgIpc) is 3.38. The molecule has 2 saturated carbocycles. The number of methoxy groups -OCH3 is 1. The Morgan fingerprint density at radius 2 is 2.11 bits per heavy atom. The van der Waals surface area contributed by atoms with Crippen LogP contribution in [0.5, 0.6) is 5.75 Å². The minimum atomic E-state index is -2.04. The first-order valence-electron chi connectivity index (χ1n) is 12.8. The second kappa shape index (κ2) is 8.02. The zero-order chi connectivity index (χ0) is 26.4. The molecule has 6 rings (SSSR count). The zero-order valence-corrected chi connectivity index (χ0v) is 21.1. The summed E-state index contributed by atoms with van der Waals surface area (Å²) in [4.78, 5) is 29.8. The van der Waals surface area contributed by atoms with Gasteiger partial charge in [0.25, 0.3) is 0 Å². The number of hydrogen-bond donors (Lipinski definition) is 2. The molecule has 0 aromatic carbocycles. The van der Waals surface area contributed by atoms with Crippen molar-refractivity contribution in [2.45, 2.75) is 69.3 Å². The first kappa shape index (κ1) is 24.9. The maximum atomic E-state index is 17.4. The lowest BCUT2D eigenvalue weighted by molar-refractivity contribution is -0.227. The van der Waals surface area contributed by atoms with Crippen molar-refractivity contribution in [3.8, 4) is 5.75 Å². The van der Waals surface area contributed by atoms with Gasteiger partial charge in [-0.1, -0.05) is 24.6 Å². The van der Waals surface area contributed by atoms with Gasteiger partial charge < -0.3 is 24.4 Å². The van der Waals surface area contributed by atoms with Gasteiger partial charge in [-0.15, -0.1) is 0 Å². The molecular formula is C28H32FNO7. The Hall–Kier alpha value is -2.46. The number of rotatable bonds is 4. The first-order valence-corrected chi connectivity index (χ1v) is 12.8. The Balaban J connectivity index is 1.44. The minimum absolute atomic E-state index is 0.0577. The molecule has 1 unspecified atom stereocenters. The number of halogens is 1. The van der Waals surface area contributed by atoms with Crippen LogP contribution < -0.4 is 4.74 Å². The van der Waals surface area contributed by atoms with Gasteiger partial charge in [-0.05, 0) is 44.2 Å². The Labute approximate surface area is 214 Å². The smallest absolute Gasteiger partial charge is 0.193 e. The predicted octanol–water partition coefficient (Wildman–Crippen LogP) is 2.79. The van der Waals surface area contributed by atoms with Crippen molar-refractivity contribution in [2.24, 2.45) is 22.7 Å². The highest BCUT2D eigenvalue weighted by atomic mass is 19.1. The fourth-order valence-corrected chi connectivity index (χ4v) is 8.37. The monoisotopic (exact) mass is 513 g/mol. The summed E-state index contributed by atoms with van der Waals surface area (Å²) >= 11 is 0. The Kier molecular flexibility index (Phi) is 5.39. The fraction of sp³-hybridized carbons (Fsp3) is 0.607. The lowest BCUT2D eigenvalue weighted by atomic mass is 9.45. The van der Waals surface area contributed by atoms with Crippen LogP contribution >= 0.6 is 0 Å². The second-order valence-corrected chi connectivity index (χ2v) is 11.5. The first-order chi connectivity index (χ1) is 17.6. The van der Waals surface area contributed by atoms with Crippen molar-refractivity contribution >= 4 is 11.6 Å². The van der Waals surface area contributed by atoms with Crippen molar-refractivity contribution in [1.82, 2.24) is 4.98 Å². The third kappa shape index (κ3) is 2.89. The number of ketones is 2. The van der Waals surface area contributed by atoms with Gasteiger partial charge in [-0.3, -0.25) is 14.6 Å². The number of aromatic nitrogens is 1. The number of aliphatic hydroxyl groups excluding tert-OH is 2. The van der Waals surface area contributed by atoms with E-state index >= 15 is 4.39 Å². The van der Waals surface area contributed by atoms with E-state index in [1.54, 1.807) is 31.5 Å². The van der Waals surface area contributed by atoms with E-state index in [1.807, 2.05) is 13.0 Å². The molecule has 198 valence electrons. The number of hydrogen-bond acceptors (Lipinski definition) is 8. The number of Topliss-reactive ketones (excluding diaryl/α,β-unsaturated/α-hetero) is 1. The number of nitrogens with zero attached hydrogens (tertiary/aromatic N) is 1. The number of carbonyl (C=O) groups excluding carboxylic acids is 2. The highest BCUT2D eigenvalue weighted by Gasteiger charge is 2.79. The number of allylic oxidation sites excluding steroid dienone is 4. The van der Waals surface area contributed by atoms with Gasteiger partial charge in [0.2, 0.25) is 0 Å². The minimum Gasteiger partial charge on any atom is -0.496 e. The fourth-order valence-electron chi connectivity index (χ4n) is 8.37. The van der Waals surface area contributed by atoms with E-state index in [0.717, 1.165) is 0 Å². The molecule has 0 amide bonds. The molecule has 1 aliphatic heterocycles. The van der Waals surface area contributed by atoms with Gasteiger partial charge in [0.15, 0.2) is 29.1 Å². The third-order valence-electron chi connectivity index (χ3n) is 10.2. The number of alkyl halides is 1. The van der Waals surface area contributed by atoms with E-state index in [4.69, 9.17) is 14.2 Å². The highest BCUT2D eigenvalue weighted by Crippen LogP contribution is 2.72. The summed E-state index contributed by atoms with van der Waals surface area (Å²) in [6, 6.07) is 1.66. The second-order valence-electron chi connectivity index (χ2n) is 11.5. The molecule has 2 N–H and O–H groups in total. The Bertz CT molecular complexity index is 1230. The van der Waals surface area contributed by atoms with Crippen molar-refractivity contribution in [3.63, 3.8) is 0 Å². The number of aliphatic hydroxyl groups is 2. The maximum Gasteiger partial charge on any atom is 0.193 e. The molecule has 1 saturated heterocycles. The van der Waals surface area contributed by atoms with Crippen LogP contribution in [0.15, 0.2) is 42.3 Å². The highest BCUT2D eigenvalue weighted by molar-refractivity contribution is 5.94. The largest absolute Gasteiger partial charge is 0.496 e. The summed E-state index contributed by atoms with van der Waals surface area (Å²) in [5.41, 5.74) is -4.57. The number of pyridine rings is 1. The molecule has 9 atom stereocenters. The predicted molar refractivity (Wildman–Crippen MR) is 128 cm³/mol. The molecule has 3 fully saturated rings. The quantitative estimate of drug-likeness (QED) is 0.591. The van der Waals surface area contributed by atoms with Crippen molar-refractivity contribution in [3.05, 3.63) is 47.8 Å². The van der Waals surface area contributed by atoms with Crippen molar-refractivity contribution < 1.29 is 38.4 Å². The molecule has 0 bridgehead atoms. The van der Waals surface area contributed by atoms with E-state index in [9.17, 15) is 19.8 Å². The third-order valence-corrected chi connectivity index (χ3v) is 10.2. The molecule has 5 aliphatic rings. The molecular weight excluding hydrogens is 481 g/mol. The lowest BCUT2D eigenvalue weighted by Crippen LogP contribution is -2.69. The number of fused-ring (bicyclic) bond motifs is 7. The van der Waals surface area contributed by atoms with E-state index in [-0.39, 0.29) is 24.5 Å². The lowest BCUT2D eigenvalue weighted by Gasteiger charge is -2.62. The molecule has 1 aromatic heterocycles. The number of carbonyl (C=O) groups is 2. The van der Waals surface area contributed by atoms with E-state index in [1.165, 1.54) is 13.2 Å². The van der Waals surface area contributed by atoms with Crippen molar-refractivity contribution in [1.29, 1.82) is 0 Å². The summed E-state index contributed by atoms with van der Waals surface area (Å²) < 4.78 is 35.7. The molecule has 0 radical (unpaired) electrons. The maximum absolute atomic E-state index is 17.4. The van der Waals surface area contributed by atoms with Crippen LogP contribution in [0.1, 0.15) is 51.4 Å². The summed E-state index contributed by atoms with van der Waals surface area (Å²) in [6.45, 7) is 2.83. The van der Waals surface area contributed by atoms with Gasteiger partial charge in [-0.2, -0.15) is 0 Å². The number of ether oxygens (including phenoxy) is 3. The van der Waals surface area contributed by atoms with Crippen LogP contribution in [0.3, 0.4) is 0 Å². The Morgan fingerprint density at radius 3 is 2.84 bits per heavy atom. The molecule has 0 spiro atoms. The van der Waals surface area contributed by atoms with E-state index < -0.39 is 58.9 Å². The molecule has 37 heavy (non-hydrogen) atoms. The summed E-state index contributed by atoms with van der Waals surface area (Å²) in [5, 5.41) is 21.6. The van der Waals surface area contributed by atoms with Crippen LogP contribution in [0.4, 0.5) is 4.39 Å². The standard InChI is InChI=1S/C28H32FNO7/c1-25-8-6-16(32)10-15(25)4-5-18-19-11-23-28(22(34)14-31,26(19,2)12-21(33)27(18,25)29)37-24(36-23)17-13-30-9-7-20(17)35-3/h4,6-9,13,18-19,21,23-24,31,33H,5,10-12,14H2,1-3H3/t18-,19-,21-,23+,24?,25-,26-,27-,28+/m0/s1. The van der Waals surface area contributed by atoms with E-state index in [2.05, 4.69) is 4.98 Å². The van der Waals surface area contributed by atoms with Gasteiger partial charge in [0.1, 0.15) is 12.4 Å². The molecule has 4 aliphatic carbocycles. The zero-order valence-electron chi connectivity index (χ0n) is 21.1. The van der Waals surface area contributed by atoms with Crippen LogP contribution in [0.2, 0.25) is 0 Å². The average molecular weight is 514 g/mol. The van der Waals surface area contributed by atoms with Gasteiger partial charge >= 0.3 is 0 Å². The topological polar surface area (TPSA) is 115 Å². The SMILES string of the molecule is COc1ccncc1C1O[C@@H]2C[C@H]3[C@@H]4CC=C5CC(=O)C=C[C@]5(C)[C@@]4(F)[C@@H](O)C[C@]3(C)[C@]2(C(=O)CO)O1. The van der Waals surface area contributed by atoms with Crippen LogP contribution in [-0.4, -0.2) is 64.0 Å². The molecule has 9 heteroatoms. The molecule has 8 nitrogen and oxygen atoms in total. The van der Waals surface area contributed by atoms with Gasteiger partial charge in [-0.25, -0.2) is 4.39 Å². The Morgan fingerprint density at radius 1 is 1.32 bits per heavy atom. The summed E-state index contributed by atoms with van der Waals surface area (Å²) in [7, 11) is 1.51. The van der Waals surface area contributed by atoms with Crippen LogP contribution in [0.25, 0.3) is 0 Å². The van der Waals surface area contributed by atoms with E-state index in [0.29, 0.717) is 29.7 Å².